The summed E-state index contributed by atoms with van der Waals surface area (Å²) in [6.45, 7) is 8.93. The number of nitriles is 1. The van der Waals surface area contributed by atoms with Crippen LogP contribution in [-0.2, 0) is 48.4 Å². The van der Waals surface area contributed by atoms with Crippen LogP contribution in [-0.4, -0.2) is 104 Å². The van der Waals surface area contributed by atoms with Crippen LogP contribution in [0.2, 0.25) is 18.1 Å². The highest BCUT2D eigenvalue weighted by molar-refractivity contribution is 8.07. The van der Waals surface area contributed by atoms with Gasteiger partial charge in [-0.3, -0.25) is 29.0 Å². The lowest BCUT2D eigenvalue weighted by Crippen LogP contribution is -2.50. The molecule has 5 N–H and O–H groups in total. The summed E-state index contributed by atoms with van der Waals surface area (Å²) in [4.78, 5) is 54.9. The number of carbonyl (C=O) groups is 1. The van der Waals surface area contributed by atoms with Crippen molar-refractivity contribution in [1.82, 2.24) is 29.5 Å². The molecule has 2 aliphatic rings. The first-order valence-electron chi connectivity index (χ1n) is 18.4. The number of amides is 1. The first-order valence-corrected chi connectivity index (χ1v) is 25.0. The third kappa shape index (κ3) is 11.1. The van der Waals surface area contributed by atoms with Crippen LogP contribution in [0.4, 0.5) is 11.8 Å². The molecule has 0 radical (unpaired) electrons. The predicted octanol–water partition coefficient (Wildman–Crippen LogP) is 4.27. The molecule has 1 aliphatic heterocycles. The molecule has 24 heteroatoms. The smallest absolute Gasteiger partial charge is 0.408 e. The normalized spacial score (nSPS) is 25.4. The van der Waals surface area contributed by atoms with Crippen molar-refractivity contribution in [2.24, 2.45) is 11.8 Å². The molecular formula is C33H50N9O11P2SSi+. The van der Waals surface area contributed by atoms with E-state index in [4.69, 9.17) is 39.1 Å². The number of ether oxygens (including phenoxy) is 1. The summed E-state index contributed by atoms with van der Waals surface area (Å²) >= 11 is 6.03. The fraction of sp³-hybridized carbons (Fsp3) is 0.667. The number of hydrogen-bond acceptors (Lipinski definition) is 17. The minimum Gasteiger partial charge on any atom is -0.408 e. The van der Waals surface area contributed by atoms with E-state index in [0.29, 0.717) is 18.7 Å². The largest absolute Gasteiger partial charge is 0.695 e. The Kier molecular flexibility index (Phi) is 14.8. The number of nitrogens with one attached hydrogen (secondary N) is 3. The van der Waals surface area contributed by atoms with Gasteiger partial charge in [0.2, 0.25) is 11.9 Å². The number of aromatic amines is 1. The number of aliphatic hydroxyl groups excluding tert-OH is 1. The number of aromatic nitrogens is 6. The summed E-state index contributed by atoms with van der Waals surface area (Å²) in [6.07, 6.45) is 0.0256. The third-order valence-corrected chi connectivity index (χ3v) is 17.4. The molecule has 1 aliphatic carbocycles. The molecule has 0 aromatic carbocycles. The molecule has 0 bridgehead atoms. The maximum Gasteiger partial charge on any atom is 0.695 e. The predicted molar refractivity (Wildman–Crippen MR) is 213 cm³/mol. The number of nitrogens with zero attached hydrogens (tertiary/aromatic N) is 6. The topological polar surface area (TPSA) is 267 Å². The van der Waals surface area contributed by atoms with Crippen molar-refractivity contribution in [1.29, 1.82) is 5.26 Å². The second-order valence-corrected chi connectivity index (χ2v) is 24.0. The van der Waals surface area contributed by atoms with E-state index in [1.807, 2.05) is 19.2 Å². The number of aliphatic hydroxyl groups is 1. The quantitative estimate of drug-likeness (QED) is 0.0679. The Labute approximate surface area is 336 Å². The molecule has 20 nitrogen and oxygen atoms in total. The highest BCUT2D eigenvalue weighted by Crippen LogP contribution is 2.56. The Morgan fingerprint density at radius 2 is 2.02 bits per heavy atom. The highest BCUT2D eigenvalue weighted by atomic mass is 32.5. The van der Waals surface area contributed by atoms with Gasteiger partial charge >= 0.3 is 15.0 Å². The second kappa shape index (κ2) is 18.8. The number of fused-ring (bicyclic) bond motifs is 1. The van der Waals surface area contributed by atoms with Crippen LogP contribution in [0.3, 0.4) is 0 Å². The van der Waals surface area contributed by atoms with Crippen LogP contribution in [0.15, 0.2) is 29.7 Å². The number of rotatable bonds is 18. The van der Waals surface area contributed by atoms with Gasteiger partial charge in [-0.25, -0.2) is 15.0 Å². The maximum atomic E-state index is 13.2. The summed E-state index contributed by atoms with van der Waals surface area (Å²) in [7, 11) is -5.60. The molecule has 57 heavy (non-hydrogen) atoms. The van der Waals surface area contributed by atoms with Crippen LogP contribution in [0.5, 0.6) is 0 Å². The van der Waals surface area contributed by atoms with Gasteiger partial charge in [0, 0.05) is 28.6 Å². The zero-order valence-corrected chi connectivity index (χ0v) is 36.3. The van der Waals surface area contributed by atoms with E-state index in [9.17, 15) is 29.4 Å². The first kappa shape index (κ1) is 44.9. The zero-order valence-electron chi connectivity index (χ0n) is 32.7. The molecule has 1 amide bonds. The van der Waals surface area contributed by atoms with Crippen LogP contribution in [0.1, 0.15) is 60.1 Å². The van der Waals surface area contributed by atoms with E-state index in [1.54, 1.807) is 26.1 Å². The van der Waals surface area contributed by atoms with Gasteiger partial charge in [-0.15, -0.1) is 9.42 Å². The van der Waals surface area contributed by atoms with Crippen molar-refractivity contribution in [3.05, 3.63) is 35.3 Å². The Hall–Kier alpha value is -3.16. The number of H-pyrrole nitrogens is 1. The van der Waals surface area contributed by atoms with Crippen molar-refractivity contribution in [2.75, 3.05) is 30.5 Å². The molecule has 4 heterocycles. The second-order valence-electron chi connectivity index (χ2n) is 15.6. The Morgan fingerprint density at radius 3 is 2.65 bits per heavy atom. The fourth-order valence-corrected chi connectivity index (χ4v) is 10.1. The molecule has 5 rings (SSSR count). The SMILES string of the molecule is CC(C)C(=O)Nc1nc2c(ncn2[C@@H]2O[C@H](CO)[C@@H](O[Si](C)(C)C(C)(C)C)[C@@H]2OP(=S)(OCCC#N)OC[C@H]2C[C@@H](Nc3ccncn3)C[C@@H]2O[P+](=O)O)c(=O)[nH]1. The van der Waals surface area contributed by atoms with Gasteiger partial charge in [0.1, 0.15) is 36.6 Å². The summed E-state index contributed by atoms with van der Waals surface area (Å²) in [6, 6.07) is 3.50. The minimum absolute atomic E-state index is 0.0342. The van der Waals surface area contributed by atoms with Crippen LogP contribution in [0, 0.1) is 23.2 Å². The average molecular weight is 871 g/mol. The van der Waals surface area contributed by atoms with Gasteiger partial charge in [-0.2, -0.15) is 10.2 Å². The van der Waals surface area contributed by atoms with E-state index < -0.39 is 77.9 Å². The lowest BCUT2D eigenvalue weighted by atomic mass is 10.1. The van der Waals surface area contributed by atoms with Gasteiger partial charge in [-0.05, 0) is 48.8 Å². The van der Waals surface area contributed by atoms with Gasteiger partial charge in [-0.1, -0.05) is 34.6 Å². The number of carbonyl (C=O) groups excluding carboxylic acids is 1. The maximum absolute atomic E-state index is 13.2. The summed E-state index contributed by atoms with van der Waals surface area (Å²) in [5, 5.41) is 25.7. The molecule has 1 saturated carbocycles. The summed E-state index contributed by atoms with van der Waals surface area (Å²) < 4.78 is 51.2. The summed E-state index contributed by atoms with van der Waals surface area (Å²) in [5.74, 6) is -0.805. The molecule has 9 atom stereocenters. The Morgan fingerprint density at radius 1 is 1.26 bits per heavy atom. The molecule has 2 unspecified atom stereocenters. The molecule has 312 valence electrons. The van der Waals surface area contributed by atoms with Crippen LogP contribution in [0.25, 0.3) is 11.2 Å². The lowest BCUT2D eigenvalue weighted by Gasteiger charge is -2.41. The van der Waals surface area contributed by atoms with Crippen molar-refractivity contribution < 1.29 is 46.6 Å². The molecule has 3 aromatic rings. The van der Waals surface area contributed by atoms with E-state index in [0.717, 1.165) is 0 Å². The molecule has 0 spiro atoms. The average Bonchev–Trinajstić information content (AvgIpc) is 3.82. The lowest BCUT2D eigenvalue weighted by molar-refractivity contribution is -0.118. The third-order valence-electron chi connectivity index (χ3n) is 10.1. The van der Waals surface area contributed by atoms with Gasteiger partial charge in [0.15, 0.2) is 25.7 Å². The molecular weight excluding hydrogens is 821 g/mol. The summed E-state index contributed by atoms with van der Waals surface area (Å²) in [5.41, 5.74) is -0.651. The van der Waals surface area contributed by atoms with Gasteiger partial charge in [0.05, 0.1) is 38.6 Å². The monoisotopic (exact) mass is 870 g/mol. The molecule has 1 saturated heterocycles. The minimum atomic E-state index is -3.88. The van der Waals surface area contributed by atoms with Crippen LogP contribution >= 0.6 is 15.0 Å². The fourth-order valence-electron chi connectivity index (χ4n) is 6.13. The van der Waals surface area contributed by atoms with E-state index in [-0.39, 0.29) is 53.7 Å². The van der Waals surface area contributed by atoms with Gasteiger partial charge in [0.25, 0.3) is 5.56 Å². The number of imidazole rings is 1. The molecule has 2 fully saturated rings. The highest BCUT2D eigenvalue weighted by Gasteiger charge is 2.54. The van der Waals surface area contributed by atoms with Crippen molar-refractivity contribution in [2.45, 2.75) is 109 Å². The Bertz CT molecular complexity index is 2030. The van der Waals surface area contributed by atoms with Crippen molar-refractivity contribution in [3.8, 4) is 6.07 Å². The molecule has 3 aromatic heterocycles. The van der Waals surface area contributed by atoms with E-state index in [2.05, 4.69) is 56.3 Å². The Balaban J connectivity index is 1.52. The number of anilines is 2. The number of hydrogen-bond donors (Lipinski definition) is 5. The van der Waals surface area contributed by atoms with Gasteiger partial charge < -0.3 is 28.6 Å². The van der Waals surface area contributed by atoms with Crippen molar-refractivity contribution >= 4 is 63.9 Å². The standard InChI is InChI=1S/C33H49N9O11P2SSi/c1-19(2)29(44)40-32-39-28-25(30(45)41-32)37-18-42(28)31-27(26(23(15-43)50-31)53-57(6,7)33(3,4)5)52-55(56,48-12-8-10-34)49-16-20-13-21(14-22(20)51-54(46)47)38-24-9-11-35-17-36-24/h9,11,17-23,26-27,31,43H,8,12-16H2,1-7H3,(H3-,35,36,38,39,40,41,44,45,46,47)/p+1/t20-,21-,22+,23-,26-,27+,31-,55?/m1/s1. The first-order chi connectivity index (χ1) is 26.8. The van der Waals surface area contributed by atoms with E-state index >= 15 is 0 Å². The van der Waals surface area contributed by atoms with E-state index in [1.165, 1.54) is 17.2 Å². The van der Waals surface area contributed by atoms with Crippen molar-refractivity contribution in [3.63, 3.8) is 0 Å². The van der Waals surface area contributed by atoms with Crippen LogP contribution < -0.4 is 16.2 Å². The zero-order chi connectivity index (χ0) is 41.7.